The van der Waals surface area contributed by atoms with Crippen molar-refractivity contribution in [3.05, 3.63) is 30.7 Å². The molecule has 1 aliphatic heterocycles. The van der Waals surface area contributed by atoms with Crippen LogP contribution in [0, 0.1) is 13.3 Å². The van der Waals surface area contributed by atoms with Crippen LogP contribution in [0.25, 0.3) is 21.9 Å². The predicted octanol–water partition coefficient (Wildman–Crippen LogP) is 1.47. The number of nitrogens with two attached hydrogens (primary N) is 1. The second-order valence-electron chi connectivity index (χ2n) is 5.77. The molecule has 4 heterocycles. The molecular weight excluding hydrogens is 292 g/mol. The predicted molar refractivity (Wildman–Crippen MR) is 87.8 cm³/mol. The summed E-state index contributed by atoms with van der Waals surface area (Å²) in [5, 5.41) is 1.86. The van der Waals surface area contributed by atoms with Crippen LogP contribution in [0.5, 0.6) is 0 Å². The Balaban J connectivity index is 2.01. The maximum atomic E-state index is 11.9. The zero-order valence-electron chi connectivity index (χ0n) is 12.8. The number of amides is 1. The van der Waals surface area contributed by atoms with Crippen molar-refractivity contribution in [3.8, 4) is 0 Å². The van der Waals surface area contributed by atoms with Gasteiger partial charge in [-0.1, -0.05) is 0 Å². The summed E-state index contributed by atoms with van der Waals surface area (Å²) < 4.78 is 0. The number of hydrogen-bond acceptors (Lipinski definition) is 5. The lowest BCUT2D eigenvalue weighted by molar-refractivity contribution is -0.118. The van der Waals surface area contributed by atoms with Crippen molar-refractivity contribution in [1.82, 2.24) is 19.9 Å². The topological polar surface area (TPSA) is 101 Å². The van der Waals surface area contributed by atoms with Gasteiger partial charge in [0.2, 0.25) is 5.91 Å². The number of aryl methyl sites for hydroxylation is 1. The lowest BCUT2D eigenvalue weighted by Crippen LogP contribution is -2.48. The van der Waals surface area contributed by atoms with Crippen LogP contribution in [-0.4, -0.2) is 38.4 Å². The molecule has 1 atom stereocenters. The molecule has 3 aromatic rings. The first-order valence-corrected chi connectivity index (χ1v) is 7.65. The maximum absolute atomic E-state index is 11.9. The van der Waals surface area contributed by atoms with Crippen molar-refractivity contribution in [2.24, 2.45) is 5.73 Å². The third kappa shape index (κ3) is 2.19. The standard InChI is InChI=1S/C16H17N6O/c1-9-20-11-8-19-15-10(5-6-18-15)13(11)16(21-9)22-7-3-2-4-12(22)14(17)23/h4-6,8,12H,2-3,7H2,1H3,(H2,17,23)(H,18,19). The molecule has 1 radical (unpaired) electrons. The van der Waals surface area contributed by atoms with E-state index >= 15 is 0 Å². The van der Waals surface area contributed by atoms with Gasteiger partial charge in [-0.25, -0.2) is 15.0 Å². The Bertz CT molecular complexity index is 902. The number of rotatable bonds is 2. The molecule has 1 aliphatic rings. The Hall–Kier alpha value is -2.70. The number of nitrogens with zero attached hydrogens (tertiary/aromatic N) is 4. The molecule has 3 N–H and O–H groups in total. The lowest BCUT2D eigenvalue weighted by atomic mass is 10.0. The molecular formula is C16H17N6O. The number of piperidine rings is 1. The largest absolute Gasteiger partial charge is 0.368 e. The van der Waals surface area contributed by atoms with Crippen LogP contribution >= 0.6 is 0 Å². The first-order valence-electron chi connectivity index (χ1n) is 7.65. The number of carbonyl (C=O) groups excluding carboxylic acids is 1. The van der Waals surface area contributed by atoms with Gasteiger partial charge in [-0.2, -0.15) is 0 Å². The molecule has 0 bridgehead atoms. The van der Waals surface area contributed by atoms with Crippen LogP contribution in [0.3, 0.4) is 0 Å². The monoisotopic (exact) mass is 309 g/mol. The summed E-state index contributed by atoms with van der Waals surface area (Å²) in [6.07, 6.45) is 7.39. The molecule has 0 aliphatic carbocycles. The van der Waals surface area contributed by atoms with Gasteiger partial charge in [-0.05, 0) is 32.3 Å². The van der Waals surface area contributed by atoms with Gasteiger partial charge in [-0.3, -0.25) is 4.79 Å². The number of aromatic amines is 1. The number of hydrogen-bond donors (Lipinski definition) is 2. The number of carbonyl (C=O) groups is 1. The Labute approximate surface area is 132 Å². The van der Waals surface area contributed by atoms with Gasteiger partial charge < -0.3 is 15.6 Å². The first-order chi connectivity index (χ1) is 11.1. The second-order valence-corrected chi connectivity index (χ2v) is 5.77. The Morgan fingerprint density at radius 3 is 3.13 bits per heavy atom. The van der Waals surface area contributed by atoms with Crippen molar-refractivity contribution in [3.63, 3.8) is 0 Å². The number of nitrogens with one attached hydrogen (secondary N) is 1. The van der Waals surface area contributed by atoms with Crippen LogP contribution in [0.1, 0.15) is 18.7 Å². The van der Waals surface area contributed by atoms with E-state index in [2.05, 4.69) is 19.9 Å². The third-order valence-corrected chi connectivity index (χ3v) is 4.23. The summed E-state index contributed by atoms with van der Waals surface area (Å²) in [4.78, 5) is 30.5. The van der Waals surface area contributed by atoms with Gasteiger partial charge in [-0.15, -0.1) is 0 Å². The van der Waals surface area contributed by atoms with E-state index in [1.807, 2.05) is 30.5 Å². The van der Waals surface area contributed by atoms with Crippen molar-refractivity contribution in [1.29, 1.82) is 0 Å². The minimum atomic E-state index is -0.441. The highest BCUT2D eigenvalue weighted by atomic mass is 16.1. The Morgan fingerprint density at radius 1 is 1.43 bits per heavy atom. The Morgan fingerprint density at radius 2 is 2.30 bits per heavy atom. The summed E-state index contributed by atoms with van der Waals surface area (Å²) in [5.41, 5.74) is 7.15. The Kier molecular flexibility index (Phi) is 3.14. The molecule has 7 nitrogen and oxygen atoms in total. The second kappa shape index (κ2) is 5.19. The van der Waals surface area contributed by atoms with E-state index in [0.717, 1.165) is 47.1 Å². The summed E-state index contributed by atoms with van der Waals surface area (Å²) >= 11 is 0. The molecule has 1 saturated heterocycles. The van der Waals surface area contributed by atoms with E-state index in [4.69, 9.17) is 5.73 Å². The number of aromatic nitrogens is 4. The van der Waals surface area contributed by atoms with Gasteiger partial charge >= 0.3 is 0 Å². The van der Waals surface area contributed by atoms with Gasteiger partial charge in [0.25, 0.3) is 0 Å². The lowest BCUT2D eigenvalue weighted by Gasteiger charge is -2.35. The van der Waals surface area contributed by atoms with E-state index in [-0.39, 0.29) is 5.91 Å². The fourth-order valence-corrected chi connectivity index (χ4v) is 3.24. The van der Waals surface area contributed by atoms with E-state index in [1.54, 1.807) is 6.20 Å². The van der Waals surface area contributed by atoms with Crippen molar-refractivity contribution in [2.45, 2.75) is 25.8 Å². The number of primary amides is 1. The minimum absolute atomic E-state index is 0.353. The molecule has 0 aromatic carbocycles. The van der Waals surface area contributed by atoms with E-state index in [9.17, 15) is 4.79 Å². The molecule has 3 aromatic heterocycles. The molecule has 23 heavy (non-hydrogen) atoms. The fourth-order valence-electron chi connectivity index (χ4n) is 3.24. The minimum Gasteiger partial charge on any atom is -0.368 e. The van der Waals surface area contributed by atoms with Crippen molar-refractivity contribution in [2.75, 3.05) is 11.4 Å². The summed E-state index contributed by atoms with van der Waals surface area (Å²) in [7, 11) is 0. The normalized spacial score (nSPS) is 18.7. The molecule has 4 rings (SSSR count). The number of pyridine rings is 1. The zero-order chi connectivity index (χ0) is 16.0. The molecule has 0 saturated carbocycles. The smallest absolute Gasteiger partial charge is 0.240 e. The van der Waals surface area contributed by atoms with Crippen LogP contribution < -0.4 is 10.6 Å². The summed E-state index contributed by atoms with van der Waals surface area (Å²) in [6, 6.07) is 1.52. The molecule has 1 unspecified atom stereocenters. The molecule has 117 valence electrons. The first kappa shape index (κ1) is 13.9. The van der Waals surface area contributed by atoms with E-state index in [1.165, 1.54) is 0 Å². The van der Waals surface area contributed by atoms with Gasteiger partial charge in [0.05, 0.1) is 17.1 Å². The molecule has 1 amide bonds. The quantitative estimate of drug-likeness (QED) is 0.746. The van der Waals surface area contributed by atoms with Crippen molar-refractivity contribution >= 4 is 33.7 Å². The average Bonchev–Trinajstić information content (AvgIpc) is 3.02. The molecule has 0 spiro atoms. The van der Waals surface area contributed by atoms with Gasteiger partial charge in [0, 0.05) is 18.1 Å². The maximum Gasteiger partial charge on any atom is 0.240 e. The SMILES string of the molecule is Cc1nc(N2CCC[CH]C2C(N)=O)c2c(cnc3[nH]ccc32)n1. The van der Waals surface area contributed by atoms with Crippen LogP contribution in [-0.2, 0) is 4.79 Å². The summed E-state index contributed by atoms with van der Waals surface area (Å²) in [5.74, 6) is 1.05. The number of anilines is 1. The van der Waals surface area contributed by atoms with Crippen LogP contribution in [0.2, 0.25) is 0 Å². The van der Waals surface area contributed by atoms with Gasteiger partial charge in [0.15, 0.2) is 0 Å². The molecule has 7 heteroatoms. The number of H-pyrrole nitrogens is 1. The van der Waals surface area contributed by atoms with E-state index in [0.29, 0.717) is 5.82 Å². The van der Waals surface area contributed by atoms with Crippen molar-refractivity contribution < 1.29 is 4.79 Å². The van der Waals surface area contributed by atoms with Gasteiger partial charge in [0.1, 0.15) is 23.3 Å². The highest BCUT2D eigenvalue weighted by Crippen LogP contribution is 2.33. The summed E-state index contributed by atoms with van der Waals surface area (Å²) in [6.45, 7) is 2.58. The zero-order valence-corrected chi connectivity index (χ0v) is 12.8. The van der Waals surface area contributed by atoms with Crippen LogP contribution in [0.4, 0.5) is 5.82 Å². The highest BCUT2D eigenvalue weighted by molar-refractivity contribution is 6.09. The number of fused-ring (bicyclic) bond motifs is 3. The third-order valence-electron chi connectivity index (χ3n) is 4.23. The fraction of sp³-hybridized carbons (Fsp3) is 0.312. The van der Waals surface area contributed by atoms with E-state index < -0.39 is 6.04 Å². The highest BCUT2D eigenvalue weighted by Gasteiger charge is 2.30. The molecule has 1 fully saturated rings. The average molecular weight is 309 g/mol. The van der Waals surface area contributed by atoms with Crippen LogP contribution in [0.15, 0.2) is 18.5 Å².